The molecule has 0 saturated carbocycles. The minimum Gasteiger partial charge on any atom is -0.269 e. The number of fused-ring (bicyclic) bond motifs is 1. The molecule has 0 amide bonds. The van der Waals surface area contributed by atoms with E-state index in [1.54, 1.807) is 16.8 Å². The normalized spacial score (nSPS) is 11.4. The van der Waals surface area contributed by atoms with Gasteiger partial charge in [-0.3, -0.25) is 14.2 Å². The topological polar surface area (TPSA) is 47.3 Å². The average molecular weight is 345 g/mol. The van der Waals surface area contributed by atoms with Gasteiger partial charge in [-0.05, 0) is 30.2 Å². The van der Waals surface area contributed by atoms with Gasteiger partial charge in [0.15, 0.2) is 4.96 Å². The first-order valence-corrected chi connectivity index (χ1v) is 8.76. The highest BCUT2D eigenvalue weighted by Crippen LogP contribution is 2.24. The van der Waals surface area contributed by atoms with Crippen LogP contribution in [0.2, 0.25) is 0 Å². The minimum atomic E-state index is -0.0315. The maximum atomic E-state index is 12.9. The van der Waals surface area contributed by atoms with E-state index < -0.39 is 0 Å². The summed E-state index contributed by atoms with van der Waals surface area (Å²) in [6, 6.07) is 13.7. The second-order valence-electron chi connectivity index (χ2n) is 5.65. The van der Waals surface area contributed by atoms with Crippen LogP contribution in [0.3, 0.4) is 0 Å². The Morgan fingerprint density at radius 1 is 1.08 bits per heavy atom. The molecule has 0 fully saturated rings. The van der Waals surface area contributed by atoms with Crippen molar-refractivity contribution in [2.75, 3.05) is 0 Å². The molecule has 0 bridgehead atoms. The standard InChI is InChI=1S/C20H15N3OS/c1-14-17(10-9-15-6-5-11-21-12-15)22-20-23(19(14)24)18(13-25-20)16-7-3-2-4-8-16/h2-13H,1H3/b10-9+. The second kappa shape index (κ2) is 6.45. The van der Waals surface area contributed by atoms with Crippen LogP contribution in [-0.2, 0) is 0 Å². The van der Waals surface area contributed by atoms with Gasteiger partial charge in [0.1, 0.15) is 0 Å². The van der Waals surface area contributed by atoms with Gasteiger partial charge in [-0.1, -0.05) is 42.5 Å². The van der Waals surface area contributed by atoms with E-state index in [0.717, 1.165) is 16.8 Å². The number of thiazole rings is 1. The molecular weight excluding hydrogens is 330 g/mol. The quantitative estimate of drug-likeness (QED) is 0.556. The lowest BCUT2D eigenvalue weighted by atomic mass is 10.1. The van der Waals surface area contributed by atoms with Gasteiger partial charge < -0.3 is 0 Å². The molecule has 25 heavy (non-hydrogen) atoms. The molecule has 0 aliphatic carbocycles. The Balaban J connectivity index is 1.84. The molecule has 0 aliphatic rings. The number of aromatic nitrogens is 3. The third-order valence-electron chi connectivity index (χ3n) is 4.02. The number of benzene rings is 1. The lowest BCUT2D eigenvalue weighted by molar-refractivity contribution is 1.04. The first-order valence-electron chi connectivity index (χ1n) is 7.88. The highest BCUT2D eigenvalue weighted by atomic mass is 32.1. The summed E-state index contributed by atoms with van der Waals surface area (Å²) < 4.78 is 1.69. The predicted molar refractivity (Wildman–Crippen MR) is 103 cm³/mol. The van der Waals surface area contributed by atoms with Crippen LogP contribution in [-0.4, -0.2) is 14.4 Å². The summed E-state index contributed by atoms with van der Waals surface area (Å²) in [4.78, 5) is 22.4. The van der Waals surface area contributed by atoms with Gasteiger partial charge in [0, 0.05) is 23.3 Å². The van der Waals surface area contributed by atoms with Crippen molar-refractivity contribution in [3.63, 3.8) is 0 Å². The van der Waals surface area contributed by atoms with E-state index >= 15 is 0 Å². The highest BCUT2D eigenvalue weighted by molar-refractivity contribution is 7.15. The zero-order chi connectivity index (χ0) is 17.2. The van der Waals surface area contributed by atoms with E-state index in [1.165, 1.54) is 11.3 Å². The van der Waals surface area contributed by atoms with Gasteiger partial charge in [0.2, 0.25) is 0 Å². The van der Waals surface area contributed by atoms with Crippen molar-refractivity contribution in [1.29, 1.82) is 0 Å². The first-order chi connectivity index (χ1) is 12.2. The molecule has 1 aromatic carbocycles. The number of rotatable bonds is 3. The van der Waals surface area contributed by atoms with Crippen LogP contribution in [0.4, 0.5) is 0 Å². The Morgan fingerprint density at radius 3 is 2.68 bits per heavy atom. The molecule has 5 heteroatoms. The van der Waals surface area contributed by atoms with Crippen molar-refractivity contribution in [2.24, 2.45) is 0 Å². The van der Waals surface area contributed by atoms with Crippen molar-refractivity contribution in [1.82, 2.24) is 14.4 Å². The zero-order valence-corrected chi connectivity index (χ0v) is 14.4. The van der Waals surface area contributed by atoms with Gasteiger partial charge in [-0.2, -0.15) is 0 Å². The number of pyridine rings is 1. The third kappa shape index (κ3) is 2.90. The van der Waals surface area contributed by atoms with Gasteiger partial charge in [-0.15, -0.1) is 11.3 Å². The first kappa shape index (κ1) is 15.5. The molecule has 0 atom stereocenters. The summed E-state index contributed by atoms with van der Waals surface area (Å²) in [6.07, 6.45) is 7.30. The van der Waals surface area contributed by atoms with Crippen molar-refractivity contribution in [2.45, 2.75) is 6.92 Å². The second-order valence-corrected chi connectivity index (χ2v) is 6.49. The summed E-state index contributed by atoms with van der Waals surface area (Å²) in [5.74, 6) is 0. The van der Waals surface area contributed by atoms with Crippen LogP contribution in [0, 0.1) is 6.92 Å². The monoisotopic (exact) mass is 345 g/mol. The van der Waals surface area contributed by atoms with E-state index in [0.29, 0.717) is 16.2 Å². The van der Waals surface area contributed by atoms with Gasteiger partial charge in [0.05, 0.1) is 11.4 Å². The molecule has 0 unspecified atom stereocenters. The predicted octanol–water partition coefficient (Wildman–Crippen LogP) is 4.30. The summed E-state index contributed by atoms with van der Waals surface area (Å²) >= 11 is 1.47. The van der Waals surface area contributed by atoms with Crippen LogP contribution in [0.5, 0.6) is 0 Å². The maximum Gasteiger partial charge on any atom is 0.262 e. The van der Waals surface area contributed by atoms with E-state index in [4.69, 9.17) is 0 Å². The van der Waals surface area contributed by atoms with Crippen molar-refractivity contribution >= 4 is 28.4 Å². The molecule has 0 saturated heterocycles. The lowest BCUT2D eigenvalue weighted by Gasteiger charge is -2.04. The van der Waals surface area contributed by atoms with Crippen molar-refractivity contribution in [3.8, 4) is 11.3 Å². The molecule has 4 aromatic rings. The molecule has 122 valence electrons. The van der Waals surface area contributed by atoms with Gasteiger partial charge in [0.25, 0.3) is 5.56 Å². The summed E-state index contributed by atoms with van der Waals surface area (Å²) in [6.45, 7) is 1.82. The average Bonchev–Trinajstić information content (AvgIpc) is 3.09. The number of hydrogen-bond acceptors (Lipinski definition) is 4. The Hall–Kier alpha value is -3.05. The Labute approximate surface area is 148 Å². The molecule has 0 radical (unpaired) electrons. The van der Waals surface area contributed by atoms with E-state index in [-0.39, 0.29) is 5.56 Å². The van der Waals surface area contributed by atoms with Crippen LogP contribution < -0.4 is 5.56 Å². The Morgan fingerprint density at radius 2 is 1.92 bits per heavy atom. The molecule has 0 N–H and O–H groups in total. The zero-order valence-electron chi connectivity index (χ0n) is 13.6. The molecule has 3 heterocycles. The lowest BCUT2D eigenvalue weighted by Crippen LogP contribution is -2.18. The van der Waals surface area contributed by atoms with Crippen LogP contribution in [0.1, 0.15) is 16.8 Å². The van der Waals surface area contributed by atoms with E-state index in [1.807, 2.05) is 66.9 Å². The minimum absolute atomic E-state index is 0.0315. The van der Waals surface area contributed by atoms with Crippen LogP contribution >= 0.6 is 11.3 Å². The fourth-order valence-electron chi connectivity index (χ4n) is 2.67. The molecule has 4 rings (SSSR count). The van der Waals surface area contributed by atoms with Crippen LogP contribution in [0.25, 0.3) is 28.4 Å². The third-order valence-corrected chi connectivity index (χ3v) is 4.85. The number of hydrogen-bond donors (Lipinski definition) is 0. The van der Waals surface area contributed by atoms with Crippen LogP contribution in [0.15, 0.2) is 65.0 Å². The highest BCUT2D eigenvalue weighted by Gasteiger charge is 2.13. The number of nitrogens with zero attached hydrogens (tertiary/aromatic N) is 3. The molecule has 4 nitrogen and oxygen atoms in total. The van der Waals surface area contributed by atoms with Gasteiger partial charge in [-0.25, -0.2) is 4.98 Å². The smallest absolute Gasteiger partial charge is 0.262 e. The fraction of sp³-hybridized carbons (Fsp3) is 0.0500. The van der Waals surface area contributed by atoms with Crippen molar-refractivity contribution < 1.29 is 0 Å². The Bertz CT molecular complexity index is 1110. The van der Waals surface area contributed by atoms with Gasteiger partial charge >= 0.3 is 0 Å². The van der Waals surface area contributed by atoms with E-state index in [2.05, 4.69) is 9.97 Å². The molecule has 0 spiro atoms. The summed E-state index contributed by atoms with van der Waals surface area (Å²) in [7, 11) is 0. The molecule has 3 aromatic heterocycles. The summed E-state index contributed by atoms with van der Waals surface area (Å²) in [5, 5.41) is 1.98. The van der Waals surface area contributed by atoms with E-state index in [9.17, 15) is 4.79 Å². The molecular formula is C20H15N3OS. The maximum absolute atomic E-state index is 12.9. The van der Waals surface area contributed by atoms with Crippen molar-refractivity contribution in [3.05, 3.63) is 87.4 Å². The fourth-order valence-corrected chi connectivity index (χ4v) is 3.57. The molecule has 0 aliphatic heterocycles. The summed E-state index contributed by atoms with van der Waals surface area (Å²) in [5.41, 5.74) is 4.15. The SMILES string of the molecule is Cc1c(/C=C/c2cccnc2)nc2scc(-c3ccccc3)n2c1=O. The largest absolute Gasteiger partial charge is 0.269 e. The Kier molecular flexibility index (Phi) is 3.99.